The molecule has 0 saturated carbocycles. The second-order valence-corrected chi connectivity index (χ2v) is 4.69. The fraction of sp³-hybridized carbons (Fsp3) is 0.625. The number of nitrogens with two attached hydrogens (primary N) is 1. The number of carbonyl (C=O) groups is 1. The summed E-state index contributed by atoms with van der Waals surface area (Å²) in [7, 11) is 0. The van der Waals surface area contributed by atoms with Crippen LogP contribution in [-0.2, 0) is 11.3 Å². The number of aromatic nitrogens is 2. The van der Waals surface area contributed by atoms with Gasteiger partial charge in [0.15, 0.2) is 11.0 Å². The molecule has 0 unspecified atom stereocenters. The van der Waals surface area contributed by atoms with E-state index in [4.69, 9.17) is 10.5 Å². The van der Waals surface area contributed by atoms with E-state index in [1.165, 1.54) is 0 Å². The summed E-state index contributed by atoms with van der Waals surface area (Å²) >= 11 is 1.09. The molecule has 0 radical (unpaired) electrons. The summed E-state index contributed by atoms with van der Waals surface area (Å²) < 4.78 is 8.95. The zero-order valence-corrected chi connectivity index (χ0v) is 9.72. The Labute approximate surface area is 92.0 Å². The summed E-state index contributed by atoms with van der Waals surface area (Å²) in [4.78, 5) is 15.1. The highest BCUT2D eigenvalue weighted by Gasteiger charge is 2.16. The van der Waals surface area contributed by atoms with Gasteiger partial charge < -0.3 is 15.8 Å². The molecular formula is C8H14N4O2S. The Morgan fingerprint density at radius 3 is 2.73 bits per heavy atom. The molecule has 7 heteroatoms. The third-order valence-corrected chi connectivity index (χ3v) is 1.85. The van der Waals surface area contributed by atoms with Crippen molar-refractivity contribution >= 4 is 22.8 Å². The largest absolute Gasteiger partial charge is 0.444 e. The Kier molecular flexibility index (Phi) is 3.46. The molecule has 1 aromatic rings. The normalized spacial score (nSPS) is 11.1. The molecule has 0 saturated heterocycles. The number of carbonyl (C=O) groups excluding carboxylic acids is 1. The van der Waals surface area contributed by atoms with Gasteiger partial charge in [-0.15, -0.1) is 0 Å². The first-order chi connectivity index (χ1) is 6.87. The van der Waals surface area contributed by atoms with Gasteiger partial charge in [-0.2, -0.15) is 4.37 Å². The van der Waals surface area contributed by atoms with Gasteiger partial charge in [-0.1, -0.05) is 0 Å². The second kappa shape index (κ2) is 4.43. The maximum absolute atomic E-state index is 11.2. The first-order valence-electron chi connectivity index (χ1n) is 4.42. The van der Waals surface area contributed by atoms with Crippen LogP contribution in [0.1, 0.15) is 26.6 Å². The third-order valence-electron chi connectivity index (χ3n) is 1.27. The van der Waals surface area contributed by atoms with Crippen LogP contribution in [0.4, 0.5) is 9.93 Å². The number of anilines is 1. The smallest absolute Gasteiger partial charge is 0.408 e. The molecule has 0 aliphatic rings. The lowest BCUT2D eigenvalue weighted by Gasteiger charge is -2.19. The summed E-state index contributed by atoms with van der Waals surface area (Å²) in [5, 5.41) is 2.92. The number of nitrogens with one attached hydrogen (secondary N) is 1. The summed E-state index contributed by atoms with van der Waals surface area (Å²) in [6, 6.07) is 0. The van der Waals surface area contributed by atoms with E-state index in [0.717, 1.165) is 11.5 Å². The number of hydrogen-bond donors (Lipinski definition) is 2. The van der Waals surface area contributed by atoms with Gasteiger partial charge in [-0.05, 0) is 20.8 Å². The average molecular weight is 230 g/mol. The molecule has 0 atom stereocenters. The van der Waals surface area contributed by atoms with E-state index in [1.807, 2.05) is 0 Å². The van der Waals surface area contributed by atoms with Crippen LogP contribution >= 0.6 is 11.5 Å². The summed E-state index contributed by atoms with van der Waals surface area (Å²) in [6.07, 6.45) is -0.490. The van der Waals surface area contributed by atoms with E-state index in [0.29, 0.717) is 11.0 Å². The summed E-state index contributed by atoms with van der Waals surface area (Å²) in [5.41, 5.74) is 4.89. The number of ether oxygens (including phenoxy) is 1. The monoisotopic (exact) mass is 230 g/mol. The zero-order chi connectivity index (χ0) is 11.5. The number of nitrogens with zero attached hydrogens (tertiary/aromatic N) is 2. The number of nitrogen functional groups attached to an aromatic ring is 1. The topological polar surface area (TPSA) is 90.1 Å². The van der Waals surface area contributed by atoms with Gasteiger partial charge in [0.25, 0.3) is 0 Å². The molecule has 84 valence electrons. The van der Waals surface area contributed by atoms with E-state index < -0.39 is 11.7 Å². The van der Waals surface area contributed by atoms with Crippen LogP contribution < -0.4 is 11.1 Å². The Morgan fingerprint density at radius 2 is 2.27 bits per heavy atom. The van der Waals surface area contributed by atoms with Crippen molar-refractivity contribution in [1.82, 2.24) is 14.7 Å². The van der Waals surface area contributed by atoms with E-state index in [1.54, 1.807) is 20.8 Å². The SMILES string of the molecule is CC(C)(C)OC(=O)NCc1nsc(N)n1. The Balaban J connectivity index is 2.35. The van der Waals surface area contributed by atoms with Gasteiger partial charge in [0.2, 0.25) is 0 Å². The van der Waals surface area contributed by atoms with Crippen molar-refractivity contribution in [3.63, 3.8) is 0 Å². The van der Waals surface area contributed by atoms with Gasteiger partial charge in [0.05, 0.1) is 6.54 Å². The van der Waals surface area contributed by atoms with Crippen LogP contribution in [0, 0.1) is 0 Å². The second-order valence-electron chi connectivity index (χ2n) is 3.90. The third kappa shape index (κ3) is 4.59. The molecule has 1 amide bonds. The van der Waals surface area contributed by atoms with Crippen molar-refractivity contribution in [2.75, 3.05) is 5.73 Å². The molecule has 0 fully saturated rings. The predicted octanol–water partition coefficient (Wildman–Crippen LogP) is 1.15. The molecule has 3 N–H and O–H groups in total. The summed E-state index contributed by atoms with van der Waals surface area (Å²) in [6.45, 7) is 5.62. The lowest BCUT2D eigenvalue weighted by Crippen LogP contribution is -2.32. The molecule has 1 rings (SSSR count). The Morgan fingerprint density at radius 1 is 1.60 bits per heavy atom. The standard InChI is InChI=1S/C8H14N4O2S/c1-8(2,3)14-7(13)10-4-5-11-6(9)15-12-5/h4H2,1-3H3,(H,10,13)(H2,9,11,12). The van der Waals surface area contributed by atoms with Gasteiger partial charge in [0.1, 0.15) is 5.60 Å². The van der Waals surface area contributed by atoms with Crippen molar-refractivity contribution in [3.05, 3.63) is 5.82 Å². The highest BCUT2D eigenvalue weighted by Crippen LogP contribution is 2.07. The fourth-order valence-electron chi connectivity index (χ4n) is 0.805. The fourth-order valence-corrected chi connectivity index (χ4v) is 1.26. The first kappa shape index (κ1) is 11.7. The summed E-state index contributed by atoms with van der Waals surface area (Å²) in [5.74, 6) is 0.489. The number of amides is 1. The molecule has 0 aliphatic heterocycles. The molecule has 0 spiro atoms. The van der Waals surface area contributed by atoms with Gasteiger partial charge in [0, 0.05) is 11.5 Å². The highest BCUT2D eigenvalue weighted by molar-refractivity contribution is 7.09. The molecule has 15 heavy (non-hydrogen) atoms. The van der Waals surface area contributed by atoms with Crippen molar-refractivity contribution in [1.29, 1.82) is 0 Å². The van der Waals surface area contributed by atoms with E-state index in [-0.39, 0.29) is 6.54 Å². The quantitative estimate of drug-likeness (QED) is 0.795. The lowest BCUT2D eigenvalue weighted by molar-refractivity contribution is 0.0522. The van der Waals surface area contributed by atoms with Crippen LogP contribution in [0.25, 0.3) is 0 Å². The molecule has 0 bridgehead atoms. The molecule has 1 heterocycles. The highest BCUT2D eigenvalue weighted by atomic mass is 32.1. The van der Waals surface area contributed by atoms with Crippen molar-refractivity contribution < 1.29 is 9.53 Å². The Hall–Kier alpha value is -1.37. The van der Waals surface area contributed by atoms with Gasteiger partial charge in [-0.3, -0.25) is 0 Å². The van der Waals surface area contributed by atoms with Crippen LogP contribution in [0.2, 0.25) is 0 Å². The minimum Gasteiger partial charge on any atom is -0.444 e. The number of rotatable bonds is 2. The molecule has 0 aliphatic carbocycles. The van der Waals surface area contributed by atoms with E-state index >= 15 is 0 Å². The molecule has 0 aromatic carbocycles. The first-order valence-corrected chi connectivity index (χ1v) is 5.19. The number of alkyl carbamates (subject to hydrolysis) is 1. The van der Waals surface area contributed by atoms with E-state index in [9.17, 15) is 4.79 Å². The predicted molar refractivity (Wildman–Crippen MR) is 57.4 cm³/mol. The average Bonchev–Trinajstić information content (AvgIpc) is 2.45. The molecular weight excluding hydrogens is 216 g/mol. The Bertz CT molecular complexity index is 345. The van der Waals surface area contributed by atoms with Crippen LogP contribution in [0.5, 0.6) is 0 Å². The van der Waals surface area contributed by atoms with Crippen molar-refractivity contribution in [2.45, 2.75) is 32.9 Å². The van der Waals surface area contributed by atoms with E-state index in [2.05, 4.69) is 14.7 Å². The minimum atomic E-state index is -0.501. The van der Waals surface area contributed by atoms with Crippen LogP contribution in [0.15, 0.2) is 0 Å². The maximum atomic E-state index is 11.2. The maximum Gasteiger partial charge on any atom is 0.408 e. The minimum absolute atomic E-state index is 0.225. The molecule has 6 nitrogen and oxygen atoms in total. The van der Waals surface area contributed by atoms with Crippen LogP contribution in [0.3, 0.4) is 0 Å². The van der Waals surface area contributed by atoms with Crippen molar-refractivity contribution in [2.24, 2.45) is 0 Å². The zero-order valence-electron chi connectivity index (χ0n) is 8.90. The lowest BCUT2D eigenvalue weighted by atomic mass is 10.2. The van der Waals surface area contributed by atoms with Crippen LogP contribution in [-0.4, -0.2) is 21.1 Å². The van der Waals surface area contributed by atoms with Gasteiger partial charge in [-0.25, -0.2) is 9.78 Å². The van der Waals surface area contributed by atoms with Gasteiger partial charge >= 0.3 is 6.09 Å². The molecule has 1 aromatic heterocycles. The number of hydrogen-bond acceptors (Lipinski definition) is 6. The van der Waals surface area contributed by atoms with Crippen molar-refractivity contribution in [3.8, 4) is 0 Å².